The second-order valence-electron chi connectivity index (χ2n) is 5.79. The fourth-order valence-corrected chi connectivity index (χ4v) is 2.92. The minimum Gasteiger partial charge on any atom is -0.493 e. The second kappa shape index (κ2) is 8.23. The molecule has 2 aromatic carbocycles. The number of methoxy groups -OCH3 is 1. The number of ether oxygens (including phenoxy) is 3. The number of cyclic esters (lactones) is 1. The molecular weight excluding hydrogens is 342 g/mol. The van der Waals surface area contributed by atoms with Crippen LogP contribution in [0, 0.1) is 0 Å². The topological polar surface area (TPSA) is 48.0 Å². The van der Waals surface area contributed by atoms with Gasteiger partial charge in [0.05, 0.1) is 19.8 Å². The van der Waals surface area contributed by atoms with Crippen molar-refractivity contribution in [3.8, 4) is 5.75 Å². The molecule has 0 spiro atoms. The van der Waals surface area contributed by atoms with Gasteiger partial charge in [0.25, 0.3) is 0 Å². The predicted octanol–water partition coefficient (Wildman–Crippen LogP) is 3.93. The fraction of sp³-hybridized carbons (Fsp3) is 0.316. The molecule has 2 aromatic rings. The van der Waals surface area contributed by atoms with E-state index in [2.05, 4.69) is 0 Å². The smallest absolute Gasteiger partial charge is 0.414 e. The van der Waals surface area contributed by atoms with E-state index in [1.54, 1.807) is 12.0 Å². The lowest BCUT2D eigenvalue weighted by Gasteiger charge is -2.14. The van der Waals surface area contributed by atoms with E-state index in [0.29, 0.717) is 19.8 Å². The summed E-state index contributed by atoms with van der Waals surface area (Å²) in [5.41, 5.74) is 1.92. The third kappa shape index (κ3) is 4.65. The quantitative estimate of drug-likeness (QED) is 0.749. The first kappa shape index (κ1) is 17.6. The molecule has 1 unspecified atom stereocenters. The molecule has 132 valence electrons. The van der Waals surface area contributed by atoms with Gasteiger partial charge in [-0.2, -0.15) is 0 Å². The Labute approximate surface area is 152 Å². The molecule has 0 radical (unpaired) electrons. The third-order valence-corrected chi connectivity index (χ3v) is 4.16. The van der Waals surface area contributed by atoms with Gasteiger partial charge >= 0.3 is 6.09 Å². The number of benzene rings is 2. The minimum atomic E-state index is -0.350. The number of anilines is 1. The average molecular weight is 362 g/mol. The Kier molecular flexibility index (Phi) is 5.79. The molecule has 1 fully saturated rings. The van der Waals surface area contributed by atoms with Crippen LogP contribution in [0.25, 0.3) is 0 Å². The van der Waals surface area contributed by atoms with Crippen molar-refractivity contribution in [2.24, 2.45) is 0 Å². The van der Waals surface area contributed by atoms with E-state index in [0.717, 1.165) is 28.4 Å². The molecule has 1 atom stereocenters. The number of carbonyl (C=O) groups is 1. The Morgan fingerprint density at radius 3 is 2.76 bits per heavy atom. The van der Waals surface area contributed by atoms with Crippen molar-refractivity contribution in [1.29, 1.82) is 0 Å². The minimum absolute atomic E-state index is 0.230. The van der Waals surface area contributed by atoms with Crippen molar-refractivity contribution < 1.29 is 19.0 Å². The molecule has 1 saturated heterocycles. The highest BCUT2D eigenvalue weighted by molar-refractivity contribution is 6.30. The van der Waals surface area contributed by atoms with E-state index >= 15 is 0 Å². The van der Waals surface area contributed by atoms with Crippen LogP contribution in [0.5, 0.6) is 5.75 Å². The van der Waals surface area contributed by atoms with E-state index in [9.17, 15) is 4.79 Å². The molecule has 1 aliphatic rings. The van der Waals surface area contributed by atoms with E-state index in [4.69, 9.17) is 25.8 Å². The third-order valence-electron chi connectivity index (χ3n) is 3.92. The van der Waals surface area contributed by atoms with Crippen LogP contribution >= 0.6 is 11.6 Å². The van der Waals surface area contributed by atoms with Gasteiger partial charge in [0.1, 0.15) is 11.9 Å². The van der Waals surface area contributed by atoms with Gasteiger partial charge < -0.3 is 14.2 Å². The number of hydrogen-bond donors (Lipinski definition) is 0. The maximum Gasteiger partial charge on any atom is 0.414 e. The normalized spacial score (nSPS) is 16.8. The highest BCUT2D eigenvalue weighted by atomic mass is 35.5. The van der Waals surface area contributed by atoms with E-state index in [-0.39, 0.29) is 12.2 Å². The summed E-state index contributed by atoms with van der Waals surface area (Å²) in [6.07, 6.45) is 0.196. The number of nitrogens with zero attached hydrogens (tertiary/aromatic N) is 1. The Morgan fingerprint density at radius 1 is 1.24 bits per heavy atom. The average Bonchev–Trinajstić information content (AvgIpc) is 2.96. The van der Waals surface area contributed by atoms with Crippen molar-refractivity contribution in [3.63, 3.8) is 0 Å². The lowest BCUT2D eigenvalue weighted by atomic mass is 10.2. The van der Waals surface area contributed by atoms with Gasteiger partial charge in [0.15, 0.2) is 0 Å². The SMILES string of the molecule is COCC1CN(c2ccc(OCCc3cccc(Cl)c3)cc2)C(=O)O1. The lowest BCUT2D eigenvalue weighted by molar-refractivity contribution is 0.0718. The molecular formula is C19H20ClNO4. The molecule has 6 heteroatoms. The Hall–Kier alpha value is -2.24. The summed E-state index contributed by atoms with van der Waals surface area (Å²) in [6.45, 7) is 1.44. The zero-order valence-electron chi connectivity index (χ0n) is 14.0. The fourth-order valence-electron chi connectivity index (χ4n) is 2.71. The Bertz CT molecular complexity index is 720. The molecule has 3 rings (SSSR count). The summed E-state index contributed by atoms with van der Waals surface area (Å²) in [5.74, 6) is 0.756. The van der Waals surface area contributed by atoms with Crippen LogP contribution in [-0.2, 0) is 15.9 Å². The number of amides is 1. The Balaban J connectivity index is 1.53. The molecule has 1 aliphatic heterocycles. The van der Waals surface area contributed by atoms with Crippen molar-refractivity contribution in [3.05, 3.63) is 59.1 Å². The lowest BCUT2D eigenvalue weighted by Crippen LogP contribution is -2.25. The van der Waals surface area contributed by atoms with Gasteiger partial charge in [0, 0.05) is 24.2 Å². The van der Waals surface area contributed by atoms with Crippen molar-refractivity contribution in [2.75, 3.05) is 31.8 Å². The molecule has 0 bridgehead atoms. The largest absolute Gasteiger partial charge is 0.493 e. The molecule has 25 heavy (non-hydrogen) atoms. The zero-order valence-corrected chi connectivity index (χ0v) is 14.7. The predicted molar refractivity (Wildman–Crippen MR) is 96.6 cm³/mol. The van der Waals surface area contributed by atoms with E-state index in [1.165, 1.54) is 0 Å². The van der Waals surface area contributed by atoms with Crippen molar-refractivity contribution >= 4 is 23.4 Å². The monoisotopic (exact) mass is 361 g/mol. The molecule has 0 aromatic heterocycles. The number of rotatable bonds is 7. The first-order valence-electron chi connectivity index (χ1n) is 8.10. The van der Waals surface area contributed by atoms with Crippen LogP contribution in [0.1, 0.15) is 5.56 Å². The highest BCUT2D eigenvalue weighted by Gasteiger charge is 2.32. The first-order chi connectivity index (χ1) is 12.2. The van der Waals surface area contributed by atoms with Crippen LogP contribution in [-0.4, -0.2) is 39.1 Å². The molecule has 0 saturated carbocycles. The molecule has 1 amide bonds. The summed E-state index contributed by atoms with van der Waals surface area (Å²) >= 11 is 5.97. The summed E-state index contributed by atoms with van der Waals surface area (Å²) in [5, 5.41) is 0.728. The highest BCUT2D eigenvalue weighted by Crippen LogP contribution is 2.24. The van der Waals surface area contributed by atoms with E-state index in [1.807, 2.05) is 48.5 Å². The Morgan fingerprint density at radius 2 is 2.04 bits per heavy atom. The van der Waals surface area contributed by atoms with Crippen LogP contribution < -0.4 is 9.64 Å². The molecule has 0 aliphatic carbocycles. The summed E-state index contributed by atoms with van der Waals surface area (Å²) < 4.78 is 16.0. The maximum absolute atomic E-state index is 11.9. The summed E-state index contributed by atoms with van der Waals surface area (Å²) in [4.78, 5) is 13.5. The van der Waals surface area contributed by atoms with Crippen molar-refractivity contribution in [2.45, 2.75) is 12.5 Å². The van der Waals surface area contributed by atoms with Crippen molar-refractivity contribution in [1.82, 2.24) is 0 Å². The zero-order chi connectivity index (χ0) is 17.6. The molecule has 0 N–H and O–H groups in total. The summed E-state index contributed by atoms with van der Waals surface area (Å²) in [7, 11) is 1.59. The van der Waals surface area contributed by atoms with Gasteiger partial charge in [-0.3, -0.25) is 4.90 Å². The number of carbonyl (C=O) groups excluding carboxylic acids is 1. The standard InChI is InChI=1S/C19H20ClNO4/c1-23-13-18-12-21(19(22)25-18)16-5-7-17(8-6-16)24-10-9-14-3-2-4-15(20)11-14/h2-8,11,18H,9-10,12-13H2,1H3. The van der Waals surface area contributed by atoms with E-state index < -0.39 is 0 Å². The van der Waals surface area contributed by atoms with Crippen LogP contribution in [0.2, 0.25) is 5.02 Å². The number of hydrogen-bond acceptors (Lipinski definition) is 4. The van der Waals surface area contributed by atoms with Gasteiger partial charge in [-0.25, -0.2) is 4.79 Å². The van der Waals surface area contributed by atoms with Gasteiger partial charge in [-0.1, -0.05) is 23.7 Å². The maximum atomic E-state index is 11.9. The first-order valence-corrected chi connectivity index (χ1v) is 8.48. The van der Waals surface area contributed by atoms with Crippen LogP contribution in [0.3, 0.4) is 0 Å². The molecule has 1 heterocycles. The number of halogens is 1. The molecule has 5 nitrogen and oxygen atoms in total. The van der Waals surface area contributed by atoms with Crippen LogP contribution in [0.15, 0.2) is 48.5 Å². The van der Waals surface area contributed by atoms with Gasteiger partial charge in [-0.15, -0.1) is 0 Å². The summed E-state index contributed by atoms with van der Waals surface area (Å²) in [6, 6.07) is 15.1. The van der Waals surface area contributed by atoms with Gasteiger partial charge in [-0.05, 0) is 42.0 Å². The van der Waals surface area contributed by atoms with Crippen LogP contribution in [0.4, 0.5) is 10.5 Å². The second-order valence-corrected chi connectivity index (χ2v) is 6.23. The van der Waals surface area contributed by atoms with Gasteiger partial charge in [0.2, 0.25) is 0 Å².